The molecule has 0 spiro atoms. The van der Waals surface area contributed by atoms with Crippen molar-refractivity contribution >= 4 is 5.91 Å². The van der Waals surface area contributed by atoms with E-state index in [0.717, 1.165) is 5.69 Å². The minimum atomic E-state index is -0.00555. The summed E-state index contributed by atoms with van der Waals surface area (Å²) in [7, 11) is 1.63. The number of rotatable bonds is 3. The first kappa shape index (κ1) is 9.77. The van der Waals surface area contributed by atoms with E-state index in [4.69, 9.17) is 0 Å². The van der Waals surface area contributed by atoms with Gasteiger partial charge in [0.2, 0.25) is 5.91 Å². The van der Waals surface area contributed by atoms with Gasteiger partial charge in [0.1, 0.15) is 0 Å². The minimum Gasteiger partial charge on any atom is -0.359 e. The van der Waals surface area contributed by atoms with Crippen molar-refractivity contribution in [2.24, 2.45) is 0 Å². The van der Waals surface area contributed by atoms with Crippen molar-refractivity contribution in [1.29, 1.82) is 0 Å². The van der Waals surface area contributed by atoms with Gasteiger partial charge in [-0.15, -0.1) is 0 Å². The van der Waals surface area contributed by atoms with Crippen LogP contribution in [0.3, 0.4) is 0 Å². The van der Waals surface area contributed by atoms with Crippen molar-refractivity contribution in [3.05, 3.63) is 18.0 Å². The Kier molecular flexibility index (Phi) is 3.06. The molecule has 0 radical (unpaired) electrons. The lowest BCUT2D eigenvalue weighted by Gasteiger charge is -2.03. The monoisotopic (exact) mass is 181 g/mol. The molecule has 0 aliphatic heterocycles. The van der Waals surface area contributed by atoms with Crippen LogP contribution in [0.4, 0.5) is 0 Å². The topological polar surface area (TPSA) is 46.9 Å². The van der Waals surface area contributed by atoms with E-state index in [2.05, 4.69) is 24.3 Å². The van der Waals surface area contributed by atoms with Gasteiger partial charge in [0.05, 0.1) is 12.1 Å². The second kappa shape index (κ2) is 4.07. The van der Waals surface area contributed by atoms with Gasteiger partial charge in [0.25, 0.3) is 0 Å². The van der Waals surface area contributed by atoms with Crippen molar-refractivity contribution in [2.45, 2.75) is 26.3 Å². The largest absolute Gasteiger partial charge is 0.359 e. The summed E-state index contributed by atoms with van der Waals surface area (Å²) in [4.78, 5) is 11.0. The average molecular weight is 181 g/mol. The molecule has 0 saturated heterocycles. The van der Waals surface area contributed by atoms with Crippen LogP contribution < -0.4 is 5.32 Å². The molecule has 0 fully saturated rings. The lowest BCUT2D eigenvalue weighted by atomic mass is 10.3. The summed E-state index contributed by atoms with van der Waals surface area (Å²) in [5, 5.41) is 6.82. The Morgan fingerprint density at radius 1 is 1.69 bits per heavy atom. The molecule has 1 aromatic rings. The molecule has 4 nitrogen and oxygen atoms in total. The van der Waals surface area contributed by atoms with E-state index in [-0.39, 0.29) is 5.91 Å². The highest BCUT2D eigenvalue weighted by Gasteiger charge is 2.05. The molecular formula is C9H15N3O. The molecule has 1 N–H and O–H groups in total. The van der Waals surface area contributed by atoms with Gasteiger partial charge in [-0.25, -0.2) is 0 Å². The molecule has 0 atom stereocenters. The summed E-state index contributed by atoms with van der Waals surface area (Å²) in [6.07, 6.45) is 2.25. The first-order valence-electron chi connectivity index (χ1n) is 4.38. The second-order valence-corrected chi connectivity index (χ2v) is 3.23. The molecule has 1 heterocycles. The van der Waals surface area contributed by atoms with E-state index < -0.39 is 0 Å². The first-order chi connectivity index (χ1) is 6.13. The zero-order valence-corrected chi connectivity index (χ0v) is 8.24. The summed E-state index contributed by atoms with van der Waals surface area (Å²) < 4.78 is 1.85. The van der Waals surface area contributed by atoms with Gasteiger partial charge >= 0.3 is 0 Å². The van der Waals surface area contributed by atoms with Crippen LogP contribution in [0.15, 0.2) is 12.3 Å². The number of hydrogen-bond donors (Lipinski definition) is 1. The summed E-state index contributed by atoms with van der Waals surface area (Å²) >= 11 is 0. The maximum atomic E-state index is 11.0. The van der Waals surface area contributed by atoms with E-state index in [9.17, 15) is 4.79 Å². The van der Waals surface area contributed by atoms with E-state index in [0.29, 0.717) is 12.5 Å². The van der Waals surface area contributed by atoms with Crippen molar-refractivity contribution < 1.29 is 4.79 Å². The second-order valence-electron chi connectivity index (χ2n) is 3.23. The molecule has 0 bridgehead atoms. The standard InChI is InChI=1S/C9H15N3O/c1-7(2)12-5-4-8(11-12)6-9(13)10-3/h4-5,7H,6H2,1-3H3,(H,10,13). The van der Waals surface area contributed by atoms with Crippen LogP contribution in [-0.4, -0.2) is 22.7 Å². The van der Waals surface area contributed by atoms with Crippen molar-refractivity contribution in [3.63, 3.8) is 0 Å². The number of aromatic nitrogens is 2. The molecule has 0 saturated carbocycles. The highest BCUT2D eigenvalue weighted by molar-refractivity contribution is 5.77. The molecule has 1 aromatic heterocycles. The third-order valence-electron chi connectivity index (χ3n) is 1.81. The average Bonchev–Trinajstić information content (AvgIpc) is 2.52. The van der Waals surface area contributed by atoms with Crippen LogP contribution in [-0.2, 0) is 11.2 Å². The van der Waals surface area contributed by atoms with Gasteiger partial charge in [0, 0.05) is 19.3 Å². The molecule has 0 aliphatic rings. The molecule has 0 aromatic carbocycles. The summed E-state index contributed by atoms with van der Waals surface area (Å²) in [5.41, 5.74) is 0.813. The quantitative estimate of drug-likeness (QED) is 0.748. The van der Waals surface area contributed by atoms with Crippen LogP contribution in [0.5, 0.6) is 0 Å². The van der Waals surface area contributed by atoms with Crippen LogP contribution in [0.1, 0.15) is 25.6 Å². The molecule has 1 rings (SSSR count). The zero-order chi connectivity index (χ0) is 9.84. The van der Waals surface area contributed by atoms with Crippen LogP contribution in [0.25, 0.3) is 0 Å². The fourth-order valence-electron chi connectivity index (χ4n) is 1.01. The predicted octanol–water partition coefficient (Wildman–Crippen LogP) is 0.752. The summed E-state index contributed by atoms with van der Waals surface area (Å²) in [5.74, 6) is -0.00555. The third-order valence-corrected chi connectivity index (χ3v) is 1.81. The zero-order valence-electron chi connectivity index (χ0n) is 8.24. The van der Waals surface area contributed by atoms with E-state index in [1.165, 1.54) is 0 Å². The molecule has 0 aliphatic carbocycles. The Labute approximate surface area is 77.9 Å². The Bertz CT molecular complexity index is 291. The fraction of sp³-hybridized carbons (Fsp3) is 0.556. The maximum absolute atomic E-state index is 11.0. The van der Waals surface area contributed by atoms with E-state index in [1.54, 1.807) is 7.05 Å². The number of likely N-dealkylation sites (N-methyl/N-ethyl adjacent to an activating group) is 1. The molecule has 72 valence electrons. The molecule has 1 amide bonds. The van der Waals surface area contributed by atoms with Crippen molar-refractivity contribution in [2.75, 3.05) is 7.05 Å². The van der Waals surface area contributed by atoms with Gasteiger partial charge in [-0.05, 0) is 19.9 Å². The minimum absolute atomic E-state index is 0.00555. The lowest BCUT2D eigenvalue weighted by molar-refractivity contribution is -0.120. The van der Waals surface area contributed by atoms with Crippen LogP contribution in [0, 0.1) is 0 Å². The molecule has 13 heavy (non-hydrogen) atoms. The van der Waals surface area contributed by atoms with Gasteiger partial charge in [0.15, 0.2) is 0 Å². The first-order valence-corrected chi connectivity index (χ1v) is 4.38. The summed E-state index contributed by atoms with van der Waals surface area (Å²) in [6, 6.07) is 2.22. The van der Waals surface area contributed by atoms with Crippen molar-refractivity contribution in [3.8, 4) is 0 Å². The number of nitrogens with zero attached hydrogens (tertiary/aromatic N) is 2. The molecular weight excluding hydrogens is 166 g/mol. The number of amides is 1. The molecule has 4 heteroatoms. The normalized spacial score (nSPS) is 10.5. The summed E-state index contributed by atoms with van der Waals surface area (Å²) in [6.45, 7) is 4.10. The smallest absolute Gasteiger partial charge is 0.225 e. The number of carbonyl (C=O) groups is 1. The fourth-order valence-corrected chi connectivity index (χ4v) is 1.01. The number of carbonyl (C=O) groups excluding carboxylic acids is 1. The molecule has 0 unspecified atom stereocenters. The lowest BCUT2D eigenvalue weighted by Crippen LogP contribution is -2.20. The van der Waals surface area contributed by atoms with Crippen molar-refractivity contribution in [1.82, 2.24) is 15.1 Å². The Morgan fingerprint density at radius 3 is 2.85 bits per heavy atom. The van der Waals surface area contributed by atoms with Gasteiger partial charge in [-0.2, -0.15) is 5.10 Å². The highest BCUT2D eigenvalue weighted by atomic mass is 16.1. The third kappa shape index (κ3) is 2.57. The van der Waals surface area contributed by atoms with Gasteiger partial charge in [-0.3, -0.25) is 9.48 Å². The SMILES string of the molecule is CNC(=O)Cc1ccn(C(C)C)n1. The maximum Gasteiger partial charge on any atom is 0.225 e. The predicted molar refractivity (Wildman–Crippen MR) is 50.4 cm³/mol. The Hall–Kier alpha value is -1.32. The van der Waals surface area contributed by atoms with Crippen LogP contribution >= 0.6 is 0 Å². The van der Waals surface area contributed by atoms with Gasteiger partial charge < -0.3 is 5.32 Å². The highest BCUT2D eigenvalue weighted by Crippen LogP contribution is 2.04. The van der Waals surface area contributed by atoms with Crippen LogP contribution in [0.2, 0.25) is 0 Å². The Morgan fingerprint density at radius 2 is 2.38 bits per heavy atom. The van der Waals surface area contributed by atoms with E-state index in [1.807, 2.05) is 16.9 Å². The number of hydrogen-bond acceptors (Lipinski definition) is 2. The number of nitrogens with one attached hydrogen (secondary N) is 1. The van der Waals surface area contributed by atoms with E-state index >= 15 is 0 Å². The Balaban J connectivity index is 2.64. The van der Waals surface area contributed by atoms with Gasteiger partial charge in [-0.1, -0.05) is 0 Å².